The molecule has 3 heteroatoms. The Labute approximate surface area is 79.4 Å². The van der Waals surface area contributed by atoms with E-state index in [0.29, 0.717) is 10.0 Å². The second kappa shape index (κ2) is 3.15. The van der Waals surface area contributed by atoms with Gasteiger partial charge in [0.2, 0.25) is 0 Å². The van der Waals surface area contributed by atoms with E-state index in [2.05, 4.69) is 15.9 Å². The highest BCUT2D eigenvalue weighted by molar-refractivity contribution is 9.10. The summed E-state index contributed by atoms with van der Waals surface area (Å²) in [4.78, 5) is 0. The second-order valence-electron chi connectivity index (χ2n) is 3.16. The van der Waals surface area contributed by atoms with Gasteiger partial charge in [-0.15, -0.1) is 0 Å². The maximum Gasteiger partial charge on any atom is 0.137 e. The Hall–Kier alpha value is -0.410. The molecule has 0 spiro atoms. The monoisotopic (exact) mass is 232 g/mol. The van der Waals surface area contributed by atoms with Crippen LogP contribution in [-0.4, -0.2) is 5.11 Å². The van der Waals surface area contributed by atoms with Crippen molar-refractivity contribution in [3.8, 4) is 0 Å². The van der Waals surface area contributed by atoms with Crippen molar-refractivity contribution < 1.29 is 9.50 Å². The summed E-state index contributed by atoms with van der Waals surface area (Å²) >= 11 is 3.08. The van der Waals surface area contributed by atoms with Gasteiger partial charge < -0.3 is 5.11 Å². The zero-order valence-corrected chi connectivity index (χ0v) is 8.52. The minimum atomic E-state index is -1.01. The Kier molecular flexibility index (Phi) is 2.54. The Morgan fingerprint density at radius 2 is 2.00 bits per heavy atom. The standard InChI is InChI=1S/C9H10BrFO/c1-9(2,12)6-4-3-5-7(11)8(6)10/h3-5,12H,1-2H3. The molecule has 1 nitrogen and oxygen atoms in total. The maximum atomic E-state index is 13.0. The number of rotatable bonds is 1. The molecule has 1 rings (SSSR count). The highest BCUT2D eigenvalue weighted by atomic mass is 79.9. The predicted octanol–water partition coefficient (Wildman–Crippen LogP) is 2.82. The van der Waals surface area contributed by atoms with Gasteiger partial charge in [0.15, 0.2) is 0 Å². The Balaban J connectivity index is 3.26. The van der Waals surface area contributed by atoms with Crippen LogP contribution in [0.25, 0.3) is 0 Å². The molecule has 0 radical (unpaired) electrons. The van der Waals surface area contributed by atoms with Crippen LogP contribution in [-0.2, 0) is 5.60 Å². The lowest BCUT2D eigenvalue weighted by Gasteiger charge is -2.19. The van der Waals surface area contributed by atoms with Crippen molar-refractivity contribution in [1.29, 1.82) is 0 Å². The van der Waals surface area contributed by atoms with Crippen molar-refractivity contribution in [1.82, 2.24) is 0 Å². The molecule has 0 aliphatic heterocycles. The third-order valence-corrected chi connectivity index (χ3v) is 2.42. The van der Waals surface area contributed by atoms with E-state index in [1.807, 2.05) is 0 Å². The number of aliphatic hydroxyl groups is 1. The smallest absolute Gasteiger partial charge is 0.137 e. The summed E-state index contributed by atoms with van der Waals surface area (Å²) in [6.07, 6.45) is 0. The third-order valence-electron chi connectivity index (χ3n) is 1.61. The highest BCUT2D eigenvalue weighted by Gasteiger charge is 2.20. The molecular weight excluding hydrogens is 223 g/mol. The normalized spacial score (nSPS) is 11.8. The number of halogens is 2. The van der Waals surface area contributed by atoms with Gasteiger partial charge in [0.25, 0.3) is 0 Å². The van der Waals surface area contributed by atoms with Gasteiger partial charge in [-0.3, -0.25) is 0 Å². The molecule has 0 aromatic heterocycles. The first-order chi connectivity index (χ1) is 5.43. The molecule has 1 aromatic carbocycles. The van der Waals surface area contributed by atoms with E-state index < -0.39 is 5.60 Å². The van der Waals surface area contributed by atoms with Crippen LogP contribution in [0.4, 0.5) is 4.39 Å². The Bertz CT molecular complexity index is 291. The number of hydrogen-bond donors (Lipinski definition) is 1. The van der Waals surface area contributed by atoms with E-state index in [1.165, 1.54) is 6.07 Å². The van der Waals surface area contributed by atoms with Gasteiger partial charge in [-0.2, -0.15) is 0 Å². The first kappa shape index (κ1) is 9.68. The lowest BCUT2D eigenvalue weighted by molar-refractivity contribution is 0.0774. The second-order valence-corrected chi connectivity index (χ2v) is 3.95. The minimum absolute atomic E-state index is 0.331. The van der Waals surface area contributed by atoms with E-state index >= 15 is 0 Å². The fourth-order valence-corrected chi connectivity index (χ4v) is 1.73. The van der Waals surface area contributed by atoms with Crippen molar-refractivity contribution in [3.63, 3.8) is 0 Å². The number of hydrogen-bond acceptors (Lipinski definition) is 1. The summed E-state index contributed by atoms with van der Waals surface area (Å²) in [7, 11) is 0. The van der Waals surface area contributed by atoms with Crippen molar-refractivity contribution in [3.05, 3.63) is 34.1 Å². The van der Waals surface area contributed by atoms with Crippen LogP contribution in [0.5, 0.6) is 0 Å². The van der Waals surface area contributed by atoms with Crippen molar-refractivity contribution in [2.45, 2.75) is 19.4 Å². The zero-order valence-electron chi connectivity index (χ0n) is 6.94. The minimum Gasteiger partial charge on any atom is -0.386 e. The lowest BCUT2D eigenvalue weighted by atomic mass is 9.99. The lowest BCUT2D eigenvalue weighted by Crippen LogP contribution is -2.16. The fraction of sp³-hybridized carbons (Fsp3) is 0.333. The molecule has 12 heavy (non-hydrogen) atoms. The summed E-state index contributed by atoms with van der Waals surface area (Å²) in [6.45, 7) is 3.24. The molecule has 0 amide bonds. The molecule has 0 saturated heterocycles. The summed E-state index contributed by atoms with van der Waals surface area (Å²) in [5.41, 5.74) is -0.455. The van der Waals surface area contributed by atoms with E-state index in [4.69, 9.17) is 0 Å². The Morgan fingerprint density at radius 3 is 2.42 bits per heavy atom. The van der Waals surface area contributed by atoms with Crippen molar-refractivity contribution in [2.24, 2.45) is 0 Å². The summed E-state index contributed by atoms with van der Waals surface area (Å²) in [5.74, 6) is -0.352. The summed E-state index contributed by atoms with van der Waals surface area (Å²) in [5, 5.41) is 9.60. The topological polar surface area (TPSA) is 20.2 Å². The molecule has 0 fully saturated rings. The summed E-state index contributed by atoms with van der Waals surface area (Å²) < 4.78 is 13.3. The SMILES string of the molecule is CC(C)(O)c1cccc(F)c1Br. The average molecular weight is 233 g/mol. The van der Waals surface area contributed by atoms with Crippen LogP contribution in [0.3, 0.4) is 0 Å². The number of benzene rings is 1. The molecule has 0 unspecified atom stereocenters. The van der Waals surface area contributed by atoms with Gasteiger partial charge in [0, 0.05) is 5.56 Å². The molecule has 0 aliphatic rings. The molecule has 1 aromatic rings. The van der Waals surface area contributed by atoms with Gasteiger partial charge in [-0.25, -0.2) is 4.39 Å². The quantitative estimate of drug-likeness (QED) is 0.790. The first-order valence-corrected chi connectivity index (χ1v) is 4.39. The molecule has 1 N–H and O–H groups in total. The van der Waals surface area contributed by atoms with Crippen LogP contribution in [0.2, 0.25) is 0 Å². The van der Waals surface area contributed by atoms with E-state index in [1.54, 1.807) is 26.0 Å². The van der Waals surface area contributed by atoms with E-state index in [-0.39, 0.29) is 5.82 Å². The first-order valence-electron chi connectivity index (χ1n) is 3.60. The molecule has 0 heterocycles. The van der Waals surface area contributed by atoms with Crippen LogP contribution < -0.4 is 0 Å². The van der Waals surface area contributed by atoms with Crippen LogP contribution in [0, 0.1) is 5.82 Å². The molecule has 0 saturated carbocycles. The predicted molar refractivity (Wildman–Crippen MR) is 49.3 cm³/mol. The zero-order chi connectivity index (χ0) is 9.35. The molecule has 66 valence electrons. The molecule has 0 aliphatic carbocycles. The van der Waals surface area contributed by atoms with E-state index in [0.717, 1.165) is 0 Å². The van der Waals surface area contributed by atoms with Gasteiger partial charge in [0.1, 0.15) is 5.82 Å². The largest absolute Gasteiger partial charge is 0.386 e. The highest BCUT2D eigenvalue weighted by Crippen LogP contribution is 2.29. The Morgan fingerprint density at radius 1 is 1.42 bits per heavy atom. The third kappa shape index (κ3) is 1.84. The van der Waals surface area contributed by atoms with Crippen molar-refractivity contribution in [2.75, 3.05) is 0 Å². The van der Waals surface area contributed by atoms with Gasteiger partial charge in [0.05, 0.1) is 10.1 Å². The van der Waals surface area contributed by atoms with Gasteiger partial charge in [-0.05, 0) is 35.8 Å². The summed E-state index contributed by atoms with van der Waals surface area (Å²) in [6, 6.07) is 4.61. The average Bonchev–Trinajstić information content (AvgIpc) is 1.92. The van der Waals surface area contributed by atoms with E-state index in [9.17, 15) is 9.50 Å². The van der Waals surface area contributed by atoms with Crippen LogP contribution in [0.1, 0.15) is 19.4 Å². The molecule has 0 atom stereocenters. The van der Waals surface area contributed by atoms with Gasteiger partial charge in [-0.1, -0.05) is 12.1 Å². The molecular formula is C9H10BrFO. The fourth-order valence-electron chi connectivity index (χ4n) is 0.976. The van der Waals surface area contributed by atoms with Crippen molar-refractivity contribution >= 4 is 15.9 Å². The van der Waals surface area contributed by atoms with Gasteiger partial charge >= 0.3 is 0 Å². The van der Waals surface area contributed by atoms with Crippen LogP contribution >= 0.6 is 15.9 Å². The maximum absolute atomic E-state index is 13.0. The molecule has 0 bridgehead atoms. The van der Waals surface area contributed by atoms with Crippen LogP contribution in [0.15, 0.2) is 22.7 Å².